The van der Waals surface area contributed by atoms with Gasteiger partial charge in [-0.1, -0.05) is 48.5 Å². The predicted molar refractivity (Wildman–Crippen MR) is 118 cm³/mol. The van der Waals surface area contributed by atoms with E-state index in [-0.39, 0.29) is 17.0 Å². The molecule has 2 N–H and O–H groups in total. The molecule has 156 valence electrons. The Balaban J connectivity index is 1.87. The van der Waals surface area contributed by atoms with Gasteiger partial charge in [0.2, 0.25) is 5.88 Å². The van der Waals surface area contributed by atoms with Crippen molar-refractivity contribution < 1.29 is 9.47 Å². The molecule has 0 bridgehead atoms. The molecule has 6 nitrogen and oxygen atoms in total. The van der Waals surface area contributed by atoms with Crippen LogP contribution in [0.3, 0.4) is 0 Å². The highest BCUT2D eigenvalue weighted by Gasteiger charge is 2.35. The Bertz CT molecular complexity index is 1250. The third-order valence-electron chi connectivity index (χ3n) is 5.61. The highest BCUT2D eigenvalue weighted by atomic mass is 16.5. The average molecular weight is 413 g/mol. The average Bonchev–Trinajstić information content (AvgIpc) is 2.78. The number of hydrogen-bond acceptors (Lipinski definition) is 5. The number of para-hydroxylation sites is 1. The van der Waals surface area contributed by atoms with Crippen molar-refractivity contribution in [3.63, 3.8) is 0 Å². The summed E-state index contributed by atoms with van der Waals surface area (Å²) < 4.78 is 13.0. The summed E-state index contributed by atoms with van der Waals surface area (Å²) in [6, 6.07) is 21.3. The number of pyridine rings is 1. The quantitative estimate of drug-likeness (QED) is 0.690. The lowest BCUT2D eigenvalue weighted by Gasteiger charge is -2.28. The molecule has 1 aliphatic rings. The van der Waals surface area contributed by atoms with E-state index in [2.05, 4.69) is 6.07 Å². The predicted octanol–water partition coefficient (Wildman–Crippen LogP) is 3.63. The maximum Gasteiger partial charge on any atom is 0.258 e. The molecule has 0 amide bonds. The van der Waals surface area contributed by atoms with E-state index in [4.69, 9.17) is 15.2 Å². The number of hydrogen-bond donors (Lipinski definition) is 1. The van der Waals surface area contributed by atoms with Gasteiger partial charge in [-0.15, -0.1) is 0 Å². The van der Waals surface area contributed by atoms with Crippen molar-refractivity contribution in [1.82, 2.24) is 4.57 Å². The minimum atomic E-state index is -0.666. The normalized spacial score (nSPS) is 15.1. The van der Waals surface area contributed by atoms with Crippen LogP contribution in [0.25, 0.3) is 0 Å². The highest BCUT2D eigenvalue weighted by molar-refractivity contribution is 5.58. The summed E-state index contributed by atoms with van der Waals surface area (Å²) in [6.45, 7) is 2.38. The second-order valence-electron chi connectivity index (χ2n) is 7.42. The monoisotopic (exact) mass is 413 g/mol. The summed E-state index contributed by atoms with van der Waals surface area (Å²) in [4.78, 5) is 13.7. The zero-order chi connectivity index (χ0) is 22.0. The van der Waals surface area contributed by atoms with Gasteiger partial charge in [-0.2, -0.15) is 5.26 Å². The van der Waals surface area contributed by atoms with E-state index in [1.165, 1.54) is 0 Å². The van der Waals surface area contributed by atoms with Gasteiger partial charge >= 0.3 is 0 Å². The molecule has 0 saturated heterocycles. The number of nitriles is 1. The second-order valence-corrected chi connectivity index (χ2v) is 7.42. The first-order chi connectivity index (χ1) is 15.0. The van der Waals surface area contributed by atoms with Crippen molar-refractivity contribution >= 4 is 0 Å². The molecule has 0 spiro atoms. The third kappa shape index (κ3) is 3.66. The summed E-state index contributed by atoms with van der Waals surface area (Å²) >= 11 is 0. The van der Waals surface area contributed by atoms with Crippen LogP contribution in [0.4, 0.5) is 0 Å². The summed E-state index contributed by atoms with van der Waals surface area (Å²) in [5, 5.41) is 9.83. The van der Waals surface area contributed by atoms with Crippen molar-refractivity contribution in [2.45, 2.75) is 25.8 Å². The standard InChI is InChI=1S/C25H23N3O3/c1-16-14-21-23(25(29)28(16)13-12-17-8-4-3-5-9-17)22(19(15-26)24(27)31-21)18-10-6-7-11-20(18)30-2/h3-11,14,22H,12-13,27H2,1-2H3. The van der Waals surface area contributed by atoms with Crippen molar-refractivity contribution in [3.05, 3.63) is 105 Å². The van der Waals surface area contributed by atoms with E-state index >= 15 is 0 Å². The second kappa shape index (κ2) is 8.41. The third-order valence-corrected chi connectivity index (χ3v) is 5.61. The van der Waals surface area contributed by atoms with Gasteiger partial charge in [0.1, 0.15) is 23.1 Å². The molecule has 0 saturated carbocycles. The molecule has 1 aliphatic heterocycles. The van der Waals surface area contributed by atoms with Crippen LogP contribution >= 0.6 is 0 Å². The molecule has 0 radical (unpaired) electrons. The van der Waals surface area contributed by atoms with Crippen LogP contribution < -0.4 is 20.8 Å². The molecular weight excluding hydrogens is 390 g/mol. The minimum absolute atomic E-state index is 0.00624. The molecule has 0 fully saturated rings. The Morgan fingerprint density at radius 2 is 1.87 bits per heavy atom. The van der Waals surface area contributed by atoms with E-state index in [1.54, 1.807) is 17.7 Å². The molecule has 3 aromatic rings. The topological polar surface area (TPSA) is 90.3 Å². The fourth-order valence-electron chi connectivity index (χ4n) is 4.07. The fraction of sp³-hybridized carbons (Fsp3) is 0.200. The van der Waals surface area contributed by atoms with Crippen molar-refractivity contribution in [1.29, 1.82) is 5.26 Å². The van der Waals surface area contributed by atoms with Gasteiger partial charge in [0.05, 0.1) is 18.6 Å². The van der Waals surface area contributed by atoms with Crippen LogP contribution in [0.1, 0.15) is 28.3 Å². The lowest BCUT2D eigenvalue weighted by atomic mass is 9.83. The number of rotatable bonds is 5. The number of benzene rings is 2. The Hall–Kier alpha value is -3.98. The van der Waals surface area contributed by atoms with Crippen LogP contribution in [0.2, 0.25) is 0 Å². The first-order valence-electron chi connectivity index (χ1n) is 10.0. The highest BCUT2D eigenvalue weighted by Crippen LogP contribution is 2.43. The maximum absolute atomic E-state index is 13.7. The van der Waals surface area contributed by atoms with Crippen molar-refractivity contribution in [3.8, 4) is 17.6 Å². The number of ether oxygens (including phenoxy) is 2. The Morgan fingerprint density at radius 3 is 2.58 bits per heavy atom. The lowest BCUT2D eigenvalue weighted by molar-refractivity contribution is 0.382. The largest absolute Gasteiger partial charge is 0.496 e. The smallest absolute Gasteiger partial charge is 0.258 e. The van der Waals surface area contributed by atoms with E-state index < -0.39 is 5.92 Å². The van der Waals surface area contributed by atoms with Crippen molar-refractivity contribution in [2.24, 2.45) is 5.73 Å². The van der Waals surface area contributed by atoms with E-state index in [0.717, 1.165) is 11.3 Å². The van der Waals surface area contributed by atoms with Gasteiger partial charge in [0.15, 0.2) is 0 Å². The summed E-state index contributed by atoms with van der Waals surface area (Å²) in [5.74, 6) is 0.301. The number of nitrogens with zero attached hydrogens (tertiary/aromatic N) is 2. The molecule has 6 heteroatoms. The number of methoxy groups -OCH3 is 1. The Kier molecular flexibility index (Phi) is 5.50. The number of nitrogens with two attached hydrogens (primary N) is 1. The molecule has 1 atom stereocenters. The molecule has 31 heavy (non-hydrogen) atoms. The fourth-order valence-corrected chi connectivity index (χ4v) is 4.07. The number of allylic oxidation sites excluding steroid dienone is 1. The molecule has 0 aliphatic carbocycles. The van der Waals surface area contributed by atoms with Gasteiger partial charge in [-0.3, -0.25) is 4.79 Å². The minimum Gasteiger partial charge on any atom is -0.496 e. The van der Waals surface area contributed by atoms with Crippen molar-refractivity contribution in [2.75, 3.05) is 7.11 Å². The number of fused-ring (bicyclic) bond motifs is 1. The number of aryl methyl sites for hydroxylation is 2. The maximum atomic E-state index is 13.7. The van der Waals surface area contributed by atoms with Crippen LogP contribution in [-0.4, -0.2) is 11.7 Å². The zero-order valence-electron chi connectivity index (χ0n) is 17.5. The summed E-state index contributed by atoms with van der Waals surface area (Å²) in [7, 11) is 1.56. The van der Waals surface area contributed by atoms with E-state index in [1.807, 2.05) is 61.5 Å². The molecule has 2 aromatic carbocycles. The molecule has 1 aromatic heterocycles. The van der Waals surface area contributed by atoms with Gasteiger partial charge in [0, 0.05) is 23.9 Å². The molecule has 4 rings (SSSR count). The zero-order valence-corrected chi connectivity index (χ0v) is 17.5. The van der Waals surface area contributed by atoms with Gasteiger partial charge < -0.3 is 19.8 Å². The van der Waals surface area contributed by atoms with E-state index in [9.17, 15) is 10.1 Å². The summed E-state index contributed by atoms with van der Waals surface area (Å²) in [6.07, 6.45) is 0.712. The first-order valence-corrected chi connectivity index (χ1v) is 10.0. The van der Waals surface area contributed by atoms with E-state index in [0.29, 0.717) is 35.6 Å². The van der Waals surface area contributed by atoms with Crippen LogP contribution in [-0.2, 0) is 13.0 Å². The molecule has 1 unspecified atom stereocenters. The first kappa shape index (κ1) is 20.3. The SMILES string of the molecule is COc1ccccc1C1C(C#N)=C(N)Oc2cc(C)n(CCc3ccccc3)c(=O)c21. The molecular formula is C25H23N3O3. The Morgan fingerprint density at radius 1 is 1.16 bits per heavy atom. The number of aromatic nitrogens is 1. The summed E-state index contributed by atoms with van der Waals surface area (Å²) in [5.41, 5.74) is 9.10. The molecule has 2 heterocycles. The lowest BCUT2D eigenvalue weighted by Crippen LogP contribution is -2.33. The van der Waals surface area contributed by atoms with Gasteiger partial charge in [0.25, 0.3) is 5.56 Å². The Labute approximate surface area is 180 Å². The van der Waals surface area contributed by atoms with Crippen LogP contribution in [0.5, 0.6) is 11.5 Å². The van der Waals surface area contributed by atoms with Crippen LogP contribution in [0, 0.1) is 18.3 Å². The van der Waals surface area contributed by atoms with Crippen LogP contribution in [0.15, 0.2) is 76.9 Å². The van der Waals surface area contributed by atoms with Gasteiger partial charge in [-0.05, 0) is 25.0 Å². The van der Waals surface area contributed by atoms with Gasteiger partial charge in [-0.25, -0.2) is 0 Å².